The first-order chi connectivity index (χ1) is 9.82. The highest BCUT2D eigenvalue weighted by molar-refractivity contribution is 7.09. The first kappa shape index (κ1) is 17.9. The van der Waals surface area contributed by atoms with Gasteiger partial charge in [0, 0.05) is 36.4 Å². The van der Waals surface area contributed by atoms with Gasteiger partial charge in [-0.15, -0.1) is 11.3 Å². The van der Waals surface area contributed by atoms with E-state index in [1.165, 1.54) is 0 Å². The second-order valence-corrected chi connectivity index (χ2v) is 7.17. The predicted octanol–water partition coefficient (Wildman–Crippen LogP) is 2.44. The van der Waals surface area contributed by atoms with Gasteiger partial charge in [-0.25, -0.2) is 9.78 Å². The Kier molecular flexibility index (Phi) is 7.11. The molecule has 0 aromatic carbocycles. The monoisotopic (exact) mass is 313 g/mol. The Balaban J connectivity index is 2.27. The third-order valence-electron chi connectivity index (χ3n) is 3.03. The lowest BCUT2D eigenvalue weighted by atomic mass is 9.98. The molecule has 2 amide bonds. The average molecular weight is 313 g/mol. The molecule has 21 heavy (non-hydrogen) atoms. The molecular formula is C15H27N3O2S. The van der Waals surface area contributed by atoms with Crippen LogP contribution in [0.15, 0.2) is 5.38 Å². The number of hydrogen-bond donors (Lipinski definition) is 3. The van der Waals surface area contributed by atoms with Crippen LogP contribution in [0.2, 0.25) is 0 Å². The molecule has 0 bridgehead atoms. The Labute approximate surface area is 131 Å². The summed E-state index contributed by atoms with van der Waals surface area (Å²) >= 11 is 1.67. The summed E-state index contributed by atoms with van der Waals surface area (Å²) in [5.74, 6) is 0. The molecule has 1 aromatic heterocycles. The number of urea groups is 1. The molecule has 0 radical (unpaired) electrons. The average Bonchev–Trinajstić information content (AvgIpc) is 2.85. The summed E-state index contributed by atoms with van der Waals surface area (Å²) in [7, 11) is 0. The van der Waals surface area contributed by atoms with Crippen molar-refractivity contribution in [3.8, 4) is 0 Å². The quantitative estimate of drug-likeness (QED) is 0.724. The zero-order chi connectivity index (χ0) is 15.9. The van der Waals surface area contributed by atoms with Gasteiger partial charge in [-0.05, 0) is 19.8 Å². The Hall–Kier alpha value is -1.14. The molecule has 0 spiro atoms. The molecule has 1 heterocycles. The number of nitrogens with zero attached hydrogens (tertiary/aromatic N) is 1. The zero-order valence-electron chi connectivity index (χ0n) is 13.4. The number of aliphatic hydroxyl groups is 1. The normalized spacial score (nSPS) is 13.0. The lowest BCUT2D eigenvalue weighted by Crippen LogP contribution is -2.41. The van der Waals surface area contributed by atoms with Crippen molar-refractivity contribution in [2.45, 2.75) is 58.4 Å². The highest BCUT2D eigenvalue weighted by Crippen LogP contribution is 2.25. The molecule has 1 unspecified atom stereocenters. The fraction of sp³-hybridized carbons (Fsp3) is 0.733. The van der Waals surface area contributed by atoms with Crippen LogP contribution in [0.1, 0.15) is 51.2 Å². The fourth-order valence-electron chi connectivity index (χ4n) is 1.81. The summed E-state index contributed by atoms with van der Waals surface area (Å²) in [6.07, 6.45) is 2.23. The lowest BCUT2D eigenvalue weighted by molar-refractivity contribution is 0.234. The summed E-state index contributed by atoms with van der Waals surface area (Å²) in [6, 6.07) is -0.0874. The van der Waals surface area contributed by atoms with E-state index < -0.39 is 0 Å². The third kappa shape index (κ3) is 6.91. The zero-order valence-corrected chi connectivity index (χ0v) is 14.2. The summed E-state index contributed by atoms with van der Waals surface area (Å²) in [6.45, 7) is 9.12. The molecule has 0 saturated carbocycles. The van der Waals surface area contributed by atoms with E-state index in [-0.39, 0.29) is 24.1 Å². The van der Waals surface area contributed by atoms with E-state index in [1.807, 2.05) is 6.92 Å². The van der Waals surface area contributed by atoms with Crippen LogP contribution in [0, 0.1) is 0 Å². The highest BCUT2D eigenvalue weighted by Gasteiger charge is 2.17. The molecule has 1 rings (SSSR count). The number of rotatable bonds is 7. The first-order valence-electron chi connectivity index (χ1n) is 7.43. The number of aromatic nitrogens is 1. The second kappa shape index (κ2) is 8.34. The molecule has 6 heteroatoms. The van der Waals surface area contributed by atoms with Crippen LogP contribution in [0.25, 0.3) is 0 Å². The largest absolute Gasteiger partial charge is 0.396 e. The van der Waals surface area contributed by atoms with Crippen LogP contribution in [-0.4, -0.2) is 35.3 Å². The van der Waals surface area contributed by atoms with Crippen molar-refractivity contribution >= 4 is 17.4 Å². The Morgan fingerprint density at radius 3 is 2.76 bits per heavy atom. The van der Waals surface area contributed by atoms with E-state index in [0.29, 0.717) is 13.0 Å². The van der Waals surface area contributed by atoms with Gasteiger partial charge in [0.05, 0.1) is 10.7 Å². The van der Waals surface area contributed by atoms with Gasteiger partial charge in [-0.2, -0.15) is 0 Å². The first-order valence-corrected chi connectivity index (χ1v) is 8.31. The summed E-state index contributed by atoms with van der Waals surface area (Å²) in [4.78, 5) is 16.3. The van der Waals surface area contributed by atoms with Crippen molar-refractivity contribution in [3.05, 3.63) is 16.1 Å². The Morgan fingerprint density at radius 1 is 1.48 bits per heavy atom. The molecule has 120 valence electrons. The fourth-order valence-corrected chi connectivity index (χ4v) is 2.76. The molecular weight excluding hydrogens is 286 g/mol. The number of aliphatic hydroxyl groups excluding tert-OH is 1. The number of nitrogens with one attached hydrogen (secondary N) is 2. The maximum absolute atomic E-state index is 11.7. The van der Waals surface area contributed by atoms with Crippen molar-refractivity contribution in [2.75, 3.05) is 13.2 Å². The van der Waals surface area contributed by atoms with Gasteiger partial charge in [0.1, 0.15) is 0 Å². The number of carbonyl (C=O) groups excluding carboxylic acids is 1. The van der Waals surface area contributed by atoms with Gasteiger partial charge in [-0.3, -0.25) is 0 Å². The van der Waals surface area contributed by atoms with Crippen molar-refractivity contribution in [1.29, 1.82) is 0 Å². The van der Waals surface area contributed by atoms with Crippen molar-refractivity contribution < 1.29 is 9.90 Å². The number of carbonyl (C=O) groups is 1. The van der Waals surface area contributed by atoms with Crippen LogP contribution < -0.4 is 10.6 Å². The van der Waals surface area contributed by atoms with Crippen LogP contribution in [0.3, 0.4) is 0 Å². The van der Waals surface area contributed by atoms with Crippen molar-refractivity contribution in [1.82, 2.24) is 15.6 Å². The van der Waals surface area contributed by atoms with Gasteiger partial charge < -0.3 is 15.7 Å². The van der Waals surface area contributed by atoms with E-state index in [2.05, 4.69) is 41.8 Å². The topological polar surface area (TPSA) is 74.2 Å². The molecule has 0 aliphatic carbocycles. The molecule has 1 atom stereocenters. The van der Waals surface area contributed by atoms with Gasteiger partial charge in [0.15, 0.2) is 0 Å². The highest BCUT2D eigenvalue weighted by atomic mass is 32.1. The Bertz CT molecular complexity index is 440. The van der Waals surface area contributed by atoms with Crippen molar-refractivity contribution in [3.63, 3.8) is 0 Å². The molecule has 0 saturated heterocycles. The minimum absolute atomic E-state index is 0.0731. The molecule has 0 aliphatic rings. The van der Waals surface area contributed by atoms with Crippen LogP contribution in [0.4, 0.5) is 4.79 Å². The summed E-state index contributed by atoms with van der Waals surface area (Å²) in [5, 5.41) is 17.6. The second-order valence-electron chi connectivity index (χ2n) is 6.31. The number of thiazole rings is 1. The van der Waals surface area contributed by atoms with Gasteiger partial charge in [0.25, 0.3) is 0 Å². The molecule has 5 nitrogen and oxygen atoms in total. The molecule has 3 N–H and O–H groups in total. The number of hydrogen-bond acceptors (Lipinski definition) is 4. The Morgan fingerprint density at radius 2 is 2.19 bits per heavy atom. The number of amides is 2. The van der Waals surface area contributed by atoms with Crippen LogP contribution in [0.5, 0.6) is 0 Å². The van der Waals surface area contributed by atoms with Gasteiger partial charge in [0.2, 0.25) is 0 Å². The standard InChI is InChI=1S/C15H27N3O2S/c1-11(6-5-9-19)17-14(20)16-8-7-12-10-21-13(18-12)15(2,3)4/h10-11,19H,5-9H2,1-4H3,(H2,16,17,20). The van der Waals surface area contributed by atoms with E-state index in [9.17, 15) is 4.79 Å². The molecule has 0 aliphatic heterocycles. The van der Waals surface area contributed by atoms with E-state index in [1.54, 1.807) is 11.3 Å². The smallest absolute Gasteiger partial charge is 0.315 e. The summed E-state index contributed by atoms with van der Waals surface area (Å²) < 4.78 is 0. The van der Waals surface area contributed by atoms with E-state index in [0.717, 1.165) is 23.5 Å². The van der Waals surface area contributed by atoms with Crippen molar-refractivity contribution in [2.24, 2.45) is 0 Å². The maximum atomic E-state index is 11.7. The summed E-state index contributed by atoms with van der Waals surface area (Å²) in [5.41, 5.74) is 1.11. The van der Waals surface area contributed by atoms with Gasteiger partial charge in [-0.1, -0.05) is 20.8 Å². The minimum Gasteiger partial charge on any atom is -0.396 e. The van der Waals surface area contributed by atoms with Crippen LogP contribution in [-0.2, 0) is 11.8 Å². The predicted molar refractivity (Wildman–Crippen MR) is 86.8 cm³/mol. The molecule has 0 fully saturated rings. The van der Waals surface area contributed by atoms with Crippen LogP contribution >= 0.6 is 11.3 Å². The SMILES string of the molecule is CC(CCCO)NC(=O)NCCc1csc(C(C)(C)C)n1. The minimum atomic E-state index is -0.160. The van der Waals surface area contributed by atoms with E-state index >= 15 is 0 Å². The maximum Gasteiger partial charge on any atom is 0.315 e. The third-order valence-corrected chi connectivity index (χ3v) is 4.35. The molecule has 1 aromatic rings. The van der Waals surface area contributed by atoms with Gasteiger partial charge >= 0.3 is 6.03 Å². The lowest BCUT2D eigenvalue weighted by Gasteiger charge is -2.14. The van der Waals surface area contributed by atoms with E-state index in [4.69, 9.17) is 5.11 Å².